The van der Waals surface area contributed by atoms with Crippen LogP contribution < -0.4 is 10.6 Å². The van der Waals surface area contributed by atoms with Crippen molar-refractivity contribution < 1.29 is 0 Å². The molecular formula is C15H22N6. The lowest BCUT2D eigenvalue weighted by Crippen LogP contribution is -2.31. The lowest BCUT2D eigenvalue weighted by molar-refractivity contribution is 0.633. The van der Waals surface area contributed by atoms with Gasteiger partial charge in [0.15, 0.2) is 0 Å². The van der Waals surface area contributed by atoms with E-state index < -0.39 is 0 Å². The van der Waals surface area contributed by atoms with Gasteiger partial charge in [-0.2, -0.15) is 0 Å². The third kappa shape index (κ3) is 3.21. The van der Waals surface area contributed by atoms with Crippen LogP contribution in [0.15, 0.2) is 18.6 Å². The molecule has 1 aliphatic rings. The van der Waals surface area contributed by atoms with Crippen LogP contribution in [-0.4, -0.2) is 38.7 Å². The van der Waals surface area contributed by atoms with Crippen LogP contribution in [0.1, 0.15) is 25.1 Å². The van der Waals surface area contributed by atoms with Gasteiger partial charge in [-0.3, -0.25) is 4.98 Å². The minimum absolute atomic E-state index is 0.422. The number of hydrogen-bond donors (Lipinski definition) is 2. The van der Waals surface area contributed by atoms with Gasteiger partial charge in [0, 0.05) is 19.6 Å². The van der Waals surface area contributed by atoms with Gasteiger partial charge in [0.1, 0.15) is 17.3 Å². The van der Waals surface area contributed by atoms with E-state index in [1.807, 2.05) is 24.7 Å². The van der Waals surface area contributed by atoms with Gasteiger partial charge >= 0.3 is 0 Å². The standard InChI is InChI=1S/C15H22N6/c1-11-18-9-14(21(11)2)13-8-17-10-15(20-13)19-12-5-3-4-6-16-7-12/h8-10,12,16H,3-7H2,1-2H3,(H,19,20). The normalized spacial score (nSPS) is 19.2. The Labute approximate surface area is 125 Å². The van der Waals surface area contributed by atoms with E-state index in [1.165, 1.54) is 19.3 Å². The lowest BCUT2D eigenvalue weighted by atomic mass is 10.1. The molecule has 1 unspecified atom stereocenters. The zero-order valence-electron chi connectivity index (χ0n) is 12.6. The van der Waals surface area contributed by atoms with Gasteiger partial charge in [-0.1, -0.05) is 6.42 Å². The summed E-state index contributed by atoms with van der Waals surface area (Å²) in [6.07, 6.45) is 9.08. The Morgan fingerprint density at radius 3 is 3.00 bits per heavy atom. The number of nitrogens with zero attached hydrogens (tertiary/aromatic N) is 4. The van der Waals surface area contributed by atoms with Crippen LogP contribution in [0, 0.1) is 6.92 Å². The first kappa shape index (κ1) is 14.0. The molecule has 3 rings (SSSR count). The molecule has 1 aliphatic heterocycles. The van der Waals surface area contributed by atoms with E-state index in [1.54, 1.807) is 12.4 Å². The van der Waals surface area contributed by atoms with Crippen molar-refractivity contribution in [3.63, 3.8) is 0 Å². The third-order valence-electron chi connectivity index (χ3n) is 4.02. The van der Waals surface area contributed by atoms with Crippen LogP contribution in [0.25, 0.3) is 11.4 Å². The highest BCUT2D eigenvalue weighted by atomic mass is 15.1. The molecule has 0 spiro atoms. The van der Waals surface area contributed by atoms with E-state index in [2.05, 4.69) is 25.6 Å². The summed E-state index contributed by atoms with van der Waals surface area (Å²) >= 11 is 0. The van der Waals surface area contributed by atoms with Crippen LogP contribution in [-0.2, 0) is 7.05 Å². The lowest BCUT2D eigenvalue weighted by Gasteiger charge is -2.17. The maximum atomic E-state index is 4.68. The minimum Gasteiger partial charge on any atom is -0.365 e. The average Bonchev–Trinajstić information content (AvgIpc) is 2.69. The Morgan fingerprint density at radius 2 is 2.19 bits per heavy atom. The quantitative estimate of drug-likeness (QED) is 0.899. The maximum absolute atomic E-state index is 4.68. The Kier molecular flexibility index (Phi) is 4.15. The molecule has 21 heavy (non-hydrogen) atoms. The molecule has 1 fully saturated rings. The van der Waals surface area contributed by atoms with Crippen molar-refractivity contribution in [2.75, 3.05) is 18.4 Å². The minimum atomic E-state index is 0.422. The fourth-order valence-electron chi connectivity index (χ4n) is 2.65. The Hall–Kier alpha value is -1.95. The highest BCUT2D eigenvalue weighted by Crippen LogP contribution is 2.19. The van der Waals surface area contributed by atoms with E-state index in [0.29, 0.717) is 6.04 Å². The smallest absolute Gasteiger partial charge is 0.145 e. The zero-order chi connectivity index (χ0) is 14.7. The van der Waals surface area contributed by atoms with Gasteiger partial charge in [0.05, 0.1) is 24.3 Å². The molecule has 0 amide bonds. The van der Waals surface area contributed by atoms with Crippen LogP contribution in [0.3, 0.4) is 0 Å². The molecular weight excluding hydrogens is 264 g/mol. The summed E-state index contributed by atoms with van der Waals surface area (Å²) in [5.74, 6) is 1.80. The van der Waals surface area contributed by atoms with Crippen molar-refractivity contribution in [3.05, 3.63) is 24.4 Å². The topological polar surface area (TPSA) is 67.7 Å². The Morgan fingerprint density at radius 1 is 1.29 bits per heavy atom. The third-order valence-corrected chi connectivity index (χ3v) is 4.02. The molecule has 2 aromatic rings. The van der Waals surface area contributed by atoms with Gasteiger partial charge in [-0.05, 0) is 26.3 Å². The van der Waals surface area contributed by atoms with E-state index in [-0.39, 0.29) is 0 Å². The van der Waals surface area contributed by atoms with Crippen molar-refractivity contribution in [2.24, 2.45) is 7.05 Å². The first-order chi connectivity index (χ1) is 10.2. The molecule has 0 aromatic carbocycles. The molecule has 3 heterocycles. The fourth-order valence-corrected chi connectivity index (χ4v) is 2.65. The molecule has 6 heteroatoms. The summed E-state index contributed by atoms with van der Waals surface area (Å²) in [6, 6.07) is 0.422. The molecule has 1 saturated heterocycles. The summed E-state index contributed by atoms with van der Waals surface area (Å²) in [4.78, 5) is 13.3. The summed E-state index contributed by atoms with van der Waals surface area (Å²) in [5, 5.41) is 6.94. The second-order valence-corrected chi connectivity index (χ2v) is 5.58. The van der Waals surface area contributed by atoms with Gasteiger partial charge in [-0.25, -0.2) is 9.97 Å². The van der Waals surface area contributed by atoms with Crippen molar-refractivity contribution in [1.29, 1.82) is 0 Å². The monoisotopic (exact) mass is 286 g/mol. The van der Waals surface area contributed by atoms with Crippen molar-refractivity contribution in [1.82, 2.24) is 24.8 Å². The van der Waals surface area contributed by atoms with Crippen molar-refractivity contribution >= 4 is 5.82 Å². The molecule has 0 radical (unpaired) electrons. The largest absolute Gasteiger partial charge is 0.365 e. The highest BCUT2D eigenvalue weighted by molar-refractivity contribution is 5.55. The van der Waals surface area contributed by atoms with Crippen LogP contribution in [0.2, 0.25) is 0 Å². The van der Waals surface area contributed by atoms with Crippen molar-refractivity contribution in [2.45, 2.75) is 32.2 Å². The SMILES string of the molecule is Cc1ncc(-c2cncc(NC3CCCCNC3)n2)n1C. The van der Waals surface area contributed by atoms with Gasteiger partial charge in [-0.15, -0.1) is 0 Å². The molecule has 0 saturated carbocycles. The summed E-state index contributed by atoms with van der Waals surface area (Å²) < 4.78 is 2.03. The average molecular weight is 286 g/mol. The van der Waals surface area contributed by atoms with Gasteiger partial charge < -0.3 is 15.2 Å². The first-order valence-corrected chi connectivity index (χ1v) is 7.52. The van der Waals surface area contributed by atoms with E-state index >= 15 is 0 Å². The number of rotatable bonds is 3. The molecule has 1 atom stereocenters. The summed E-state index contributed by atoms with van der Waals surface area (Å²) in [7, 11) is 1.99. The molecule has 2 N–H and O–H groups in total. The van der Waals surface area contributed by atoms with Crippen LogP contribution in [0.4, 0.5) is 5.82 Å². The number of aryl methyl sites for hydroxylation is 1. The number of hydrogen-bond acceptors (Lipinski definition) is 5. The first-order valence-electron chi connectivity index (χ1n) is 7.52. The maximum Gasteiger partial charge on any atom is 0.145 e. The molecule has 0 bridgehead atoms. The highest BCUT2D eigenvalue weighted by Gasteiger charge is 2.13. The summed E-state index contributed by atoms with van der Waals surface area (Å²) in [5.41, 5.74) is 1.84. The Bertz CT molecular complexity index is 598. The van der Waals surface area contributed by atoms with E-state index in [9.17, 15) is 0 Å². The van der Waals surface area contributed by atoms with Gasteiger partial charge in [0.25, 0.3) is 0 Å². The predicted molar refractivity (Wildman–Crippen MR) is 83.1 cm³/mol. The number of aromatic nitrogens is 4. The zero-order valence-corrected chi connectivity index (χ0v) is 12.6. The number of imidazole rings is 1. The fraction of sp³-hybridized carbons (Fsp3) is 0.533. The van der Waals surface area contributed by atoms with Crippen molar-refractivity contribution in [3.8, 4) is 11.4 Å². The van der Waals surface area contributed by atoms with Crippen LogP contribution >= 0.6 is 0 Å². The molecule has 2 aromatic heterocycles. The summed E-state index contributed by atoms with van der Waals surface area (Å²) in [6.45, 7) is 4.07. The second-order valence-electron chi connectivity index (χ2n) is 5.58. The second kappa shape index (κ2) is 6.22. The molecule has 112 valence electrons. The molecule has 0 aliphatic carbocycles. The number of anilines is 1. The Balaban J connectivity index is 1.78. The van der Waals surface area contributed by atoms with E-state index in [0.717, 1.165) is 36.1 Å². The van der Waals surface area contributed by atoms with Crippen LogP contribution in [0.5, 0.6) is 0 Å². The predicted octanol–water partition coefficient (Wildman–Crippen LogP) is 1.74. The number of nitrogens with one attached hydrogen (secondary N) is 2. The van der Waals surface area contributed by atoms with Gasteiger partial charge in [0.2, 0.25) is 0 Å². The van der Waals surface area contributed by atoms with E-state index in [4.69, 9.17) is 0 Å². The molecule has 6 nitrogen and oxygen atoms in total.